The summed E-state index contributed by atoms with van der Waals surface area (Å²) in [5, 5.41) is 0. The molecule has 208 valence electrons. The highest BCUT2D eigenvalue weighted by Crippen LogP contribution is 2.08. The Kier molecular flexibility index (Phi) is 27.0. The fourth-order valence-corrected chi connectivity index (χ4v) is 3.86. The molecule has 0 saturated carbocycles. The lowest BCUT2D eigenvalue weighted by Crippen LogP contribution is -2.37. The van der Waals surface area contributed by atoms with E-state index in [-0.39, 0.29) is 5.97 Å². The number of nitrogens with zero attached hydrogens (tertiary/aromatic N) is 1. The van der Waals surface area contributed by atoms with E-state index in [0.29, 0.717) is 25.7 Å². The third kappa shape index (κ3) is 26.0. The summed E-state index contributed by atoms with van der Waals surface area (Å²) in [4.78, 5) is 14.0. The van der Waals surface area contributed by atoms with E-state index in [1.54, 1.807) is 0 Å². The summed E-state index contributed by atoms with van der Waals surface area (Å²) in [6.07, 6.45) is 24.2. The number of carbonyl (C=O) groups is 1. The van der Waals surface area contributed by atoms with Crippen LogP contribution in [0.4, 0.5) is 0 Å². The van der Waals surface area contributed by atoms with E-state index in [0.717, 1.165) is 51.9 Å². The maximum absolute atomic E-state index is 11.8. The van der Waals surface area contributed by atoms with Gasteiger partial charge < -0.3 is 19.1 Å². The van der Waals surface area contributed by atoms with Crippen molar-refractivity contribution in [2.75, 3.05) is 47.1 Å². The van der Waals surface area contributed by atoms with E-state index in [1.807, 2.05) is 6.08 Å². The minimum atomic E-state index is -0.0923. The van der Waals surface area contributed by atoms with E-state index in [4.69, 9.17) is 14.2 Å². The van der Waals surface area contributed by atoms with Crippen molar-refractivity contribution in [3.63, 3.8) is 0 Å². The van der Waals surface area contributed by atoms with Gasteiger partial charge in [0.05, 0.1) is 19.3 Å². The molecule has 0 aliphatic heterocycles. The fourth-order valence-electron chi connectivity index (χ4n) is 3.86. The molecule has 0 rings (SSSR count). The summed E-state index contributed by atoms with van der Waals surface area (Å²) < 4.78 is 17.1. The van der Waals surface area contributed by atoms with Crippen molar-refractivity contribution in [3.8, 4) is 0 Å². The molecule has 0 spiro atoms. The first-order chi connectivity index (χ1) is 17.1. The van der Waals surface area contributed by atoms with Crippen molar-refractivity contribution in [1.82, 2.24) is 4.90 Å². The monoisotopic (exact) mass is 497 g/mol. The molecule has 0 saturated heterocycles. The summed E-state index contributed by atoms with van der Waals surface area (Å²) in [6.45, 7) is 7.90. The van der Waals surface area contributed by atoms with Crippen LogP contribution in [0.3, 0.4) is 0 Å². The van der Waals surface area contributed by atoms with Crippen molar-refractivity contribution in [3.05, 3.63) is 12.2 Å². The minimum absolute atomic E-state index is 0.0923. The molecule has 1 atom stereocenters. The van der Waals surface area contributed by atoms with Gasteiger partial charge in [-0.25, -0.2) is 0 Å². The van der Waals surface area contributed by atoms with Gasteiger partial charge in [0, 0.05) is 19.6 Å². The Labute approximate surface area is 218 Å². The van der Waals surface area contributed by atoms with Crippen molar-refractivity contribution < 1.29 is 19.0 Å². The zero-order valence-corrected chi connectivity index (χ0v) is 23.9. The van der Waals surface area contributed by atoms with Crippen LogP contribution in [-0.2, 0) is 19.0 Å². The summed E-state index contributed by atoms with van der Waals surface area (Å²) in [5.41, 5.74) is 0. The molecule has 0 radical (unpaired) electrons. The SMILES string of the molecule is CCCCCCCC/C=C\COC(=O)CCCCCOCC(COCCCCCCCC)N(C)C. The van der Waals surface area contributed by atoms with Crippen LogP contribution in [0.25, 0.3) is 0 Å². The van der Waals surface area contributed by atoms with Crippen molar-refractivity contribution >= 4 is 5.97 Å². The van der Waals surface area contributed by atoms with Crippen molar-refractivity contribution in [2.24, 2.45) is 0 Å². The zero-order valence-electron chi connectivity index (χ0n) is 23.9. The number of allylic oxidation sites excluding steroid dienone is 1. The van der Waals surface area contributed by atoms with Gasteiger partial charge in [0.25, 0.3) is 0 Å². The van der Waals surface area contributed by atoms with Gasteiger partial charge in [-0.05, 0) is 46.2 Å². The molecule has 0 aromatic rings. The molecule has 0 bridgehead atoms. The van der Waals surface area contributed by atoms with Gasteiger partial charge in [-0.3, -0.25) is 4.79 Å². The number of unbranched alkanes of at least 4 members (excludes halogenated alkanes) is 13. The number of ether oxygens (including phenoxy) is 3. The van der Waals surface area contributed by atoms with Crippen LogP contribution in [-0.4, -0.2) is 64.0 Å². The molecule has 1 unspecified atom stereocenters. The first-order valence-electron chi connectivity index (χ1n) is 14.7. The van der Waals surface area contributed by atoms with E-state index in [9.17, 15) is 4.79 Å². The quantitative estimate of drug-likeness (QED) is 0.0660. The molecule has 0 heterocycles. The predicted molar refractivity (Wildman–Crippen MR) is 149 cm³/mol. The van der Waals surface area contributed by atoms with Gasteiger partial charge >= 0.3 is 5.97 Å². The van der Waals surface area contributed by atoms with E-state index in [1.165, 1.54) is 70.6 Å². The second-order valence-electron chi connectivity index (χ2n) is 10.1. The lowest BCUT2D eigenvalue weighted by atomic mass is 10.1. The molecular weight excluding hydrogens is 438 g/mol. The molecule has 0 amide bonds. The number of hydrogen-bond acceptors (Lipinski definition) is 5. The first-order valence-corrected chi connectivity index (χ1v) is 14.7. The lowest BCUT2D eigenvalue weighted by Gasteiger charge is -2.24. The van der Waals surface area contributed by atoms with Crippen LogP contribution in [0, 0.1) is 0 Å². The molecule has 0 N–H and O–H groups in total. The molecule has 5 nitrogen and oxygen atoms in total. The van der Waals surface area contributed by atoms with Crippen LogP contribution in [0.1, 0.15) is 123 Å². The van der Waals surface area contributed by atoms with Gasteiger partial charge in [0.15, 0.2) is 0 Å². The number of rotatable bonds is 27. The third-order valence-electron chi connectivity index (χ3n) is 6.39. The molecule has 0 aromatic carbocycles. The zero-order chi connectivity index (χ0) is 25.8. The maximum atomic E-state index is 11.8. The van der Waals surface area contributed by atoms with Gasteiger partial charge in [-0.2, -0.15) is 0 Å². The normalized spacial score (nSPS) is 12.6. The second-order valence-corrected chi connectivity index (χ2v) is 10.1. The highest BCUT2D eigenvalue weighted by Gasteiger charge is 2.12. The molecule has 0 aliphatic carbocycles. The fraction of sp³-hybridized carbons (Fsp3) is 0.900. The summed E-state index contributed by atoms with van der Waals surface area (Å²) >= 11 is 0. The molecule has 0 aromatic heterocycles. The van der Waals surface area contributed by atoms with Gasteiger partial charge in [-0.15, -0.1) is 0 Å². The minimum Gasteiger partial charge on any atom is -0.461 e. The average molecular weight is 498 g/mol. The summed E-state index contributed by atoms with van der Waals surface area (Å²) in [6, 6.07) is 0.291. The highest BCUT2D eigenvalue weighted by molar-refractivity contribution is 5.69. The molecule has 0 aliphatic rings. The van der Waals surface area contributed by atoms with Gasteiger partial charge in [-0.1, -0.05) is 96.6 Å². The maximum Gasteiger partial charge on any atom is 0.306 e. The topological polar surface area (TPSA) is 48.0 Å². The van der Waals surface area contributed by atoms with Crippen LogP contribution >= 0.6 is 0 Å². The smallest absolute Gasteiger partial charge is 0.306 e. The van der Waals surface area contributed by atoms with E-state index >= 15 is 0 Å². The number of carbonyl (C=O) groups excluding carboxylic acids is 1. The molecule has 0 fully saturated rings. The van der Waals surface area contributed by atoms with Gasteiger partial charge in [0.1, 0.15) is 6.61 Å². The highest BCUT2D eigenvalue weighted by atomic mass is 16.5. The lowest BCUT2D eigenvalue weighted by molar-refractivity contribution is -0.142. The van der Waals surface area contributed by atoms with E-state index in [2.05, 4.69) is 38.9 Å². The Hall–Kier alpha value is -0.910. The van der Waals surface area contributed by atoms with Gasteiger partial charge in [0.2, 0.25) is 0 Å². The Morgan fingerprint density at radius 3 is 1.77 bits per heavy atom. The Balaban J connectivity index is 3.54. The molecule has 5 heteroatoms. The number of likely N-dealkylation sites (N-methyl/N-ethyl adjacent to an activating group) is 1. The van der Waals surface area contributed by atoms with Crippen molar-refractivity contribution in [2.45, 2.75) is 129 Å². The van der Waals surface area contributed by atoms with Crippen LogP contribution in [0.15, 0.2) is 12.2 Å². The average Bonchev–Trinajstić information content (AvgIpc) is 2.84. The Bertz CT molecular complexity index is 467. The largest absolute Gasteiger partial charge is 0.461 e. The Morgan fingerprint density at radius 1 is 0.686 bits per heavy atom. The number of hydrogen-bond donors (Lipinski definition) is 0. The molecule has 35 heavy (non-hydrogen) atoms. The molecular formula is C30H59NO4. The second kappa shape index (κ2) is 27.7. The number of esters is 1. The van der Waals surface area contributed by atoms with E-state index < -0.39 is 0 Å². The summed E-state index contributed by atoms with van der Waals surface area (Å²) in [5.74, 6) is -0.0923. The van der Waals surface area contributed by atoms with Crippen LogP contribution in [0.2, 0.25) is 0 Å². The van der Waals surface area contributed by atoms with Crippen LogP contribution < -0.4 is 0 Å². The Morgan fingerprint density at radius 2 is 1.20 bits per heavy atom. The summed E-state index contributed by atoms with van der Waals surface area (Å²) in [7, 11) is 4.16. The first kappa shape index (κ1) is 34.1. The standard InChI is InChI=1S/C30H59NO4/c1-5-7-9-11-13-14-15-17-22-26-35-30(32)23-19-18-21-25-34-28-29(31(3)4)27-33-24-20-16-12-10-8-6-2/h17,22,29H,5-16,18-21,23-28H2,1-4H3/b22-17-. The third-order valence-corrected chi connectivity index (χ3v) is 6.39. The predicted octanol–water partition coefficient (Wildman–Crippen LogP) is 7.72. The van der Waals surface area contributed by atoms with Crippen LogP contribution in [0.5, 0.6) is 0 Å². The van der Waals surface area contributed by atoms with Crippen molar-refractivity contribution in [1.29, 1.82) is 0 Å².